The van der Waals surface area contributed by atoms with Gasteiger partial charge in [-0.25, -0.2) is 0 Å². The molecule has 2 heterocycles. The smallest absolute Gasteiger partial charge is 0.255 e. The van der Waals surface area contributed by atoms with E-state index in [-0.39, 0.29) is 6.10 Å². The SMILES string of the molecule is CSCc1noc([C@H]2CCCO2)n1. The Morgan fingerprint density at radius 3 is 3.23 bits per heavy atom. The Kier molecular flexibility index (Phi) is 2.85. The Morgan fingerprint density at radius 2 is 2.54 bits per heavy atom. The van der Waals surface area contributed by atoms with Crippen LogP contribution in [0.3, 0.4) is 0 Å². The Morgan fingerprint density at radius 1 is 1.62 bits per heavy atom. The molecule has 4 nitrogen and oxygen atoms in total. The molecule has 1 aromatic rings. The van der Waals surface area contributed by atoms with Crippen LogP contribution in [0.25, 0.3) is 0 Å². The average molecular weight is 200 g/mol. The molecule has 5 heteroatoms. The first-order valence-corrected chi connectivity index (χ1v) is 5.72. The molecule has 0 aromatic carbocycles. The zero-order valence-electron chi connectivity index (χ0n) is 7.52. The van der Waals surface area contributed by atoms with E-state index in [0.29, 0.717) is 5.89 Å². The standard InChI is InChI=1S/C8H12N2O2S/c1-13-5-7-9-8(12-10-7)6-3-2-4-11-6/h6H,2-5H2,1H3/t6-/m1/s1. The van der Waals surface area contributed by atoms with Crippen molar-refractivity contribution < 1.29 is 9.26 Å². The number of thioether (sulfide) groups is 1. The van der Waals surface area contributed by atoms with Crippen LogP contribution in [0.2, 0.25) is 0 Å². The van der Waals surface area contributed by atoms with E-state index in [0.717, 1.165) is 31.0 Å². The van der Waals surface area contributed by atoms with E-state index >= 15 is 0 Å². The number of nitrogens with zero attached hydrogens (tertiary/aromatic N) is 2. The third-order valence-corrected chi connectivity index (χ3v) is 2.51. The van der Waals surface area contributed by atoms with Gasteiger partial charge >= 0.3 is 0 Å². The van der Waals surface area contributed by atoms with Gasteiger partial charge in [0, 0.05) is 6.61 Å². The zero-order valence-corrected chi connectivity index (χ0v) is 8.34. The molecule has 0 aliphatic carbocycles. The molecule has 1 aliphatic rings. The van der Waals surface area contributed by atoms with Crippen LogP contribution in [0.5, 0.6) is 0 Å². The largest absolute Gasteiger partial charge is 0.368 e. The number of ether oxygens (including phenoxy) is 1. The van der Waals surface area contributed by atoms with E-state index in [4.69, 9.17) is 9.26 Å². The van der Waals surface area contributed by atoms with Crippen molar-refractivity contribution in [1.82, 2.24) is 10.1 Å². The minimum Gasteiger partial charge on any atom is -0.368 e. The second kappa shape index (κ2) is 4.11. The molecule has 72 valence electrons. The predicted molar refractivity (Wildman–Crippen MR) is 49.4 cm³/mol. The summed E-state index contributed by atoms with van der Waals surface area (Å²) in [7, 11) is 0. The topological polar surface area (TPSA) is 48.2 Å². The van der Waals surface area contributed by atoms with Crippen molar-refractivity contribution in [2.75, 3.05) is 12.9 Å². The van der Waals surface area contributed by atoms with E-state index in [1.165, 1.54) is 0 Å². The van der Waals surface area contributed by atoms with Crippen LogP contribution in [-0.4, -0.2) is 23.0 Å². The van der Waals surface area contributed by atoms with Crippen molar-refractivity contribution in [1.29, 1.82) is 0 Å². The molecule has 1 atom stereocenters. The van der Waals surface area contributed by atoms with E-state index in [9.17, 15) is 0 Å². The van der Waals surface area contributed by atoms with Gasteiger partial charge in [-0.2, -0.15) is 16.7 Å². The minimum absolute atomic E-state index is 0.0445. The normalized spacial score (nSPS) is 22.4. The van der Waals surface area contributed by atoms with Gasteiger partial charge in [-0.15, -0.1) is 0 Å². The van der Waals surface area contributed by atoms with E-state index in [2.05, 4.69) is 10.1 Å². The van der Waals surface area contributed by atoms with Crippen LogP contribution >= 0.6 is 11.8 Å². The molecule has 0 amide bonds. The molecule has 1 aromatic heterocycles. The summed E-state index contributed by atoms with van der Waals surface area (Å²) in [6.45, 7) is 0.810. The molecular formula is C8H12N2O2S. The van der Waals surface area contributed by atoms with E-state index in [1.807, 2.05) is 6.26 Å². The third kappa shape index (κ3) is 2.03. The lowest BCUT2D eigenvalue weighted by atomic mass is 10.2. The Bertz CT molecular complexity index is 271. The third-order valence-electron chi connectivity index (χ3n) is 1.96. The van der Waals surface area contributed by atoms with Gasteiger partial charge in [0.05, 0.1) is 5.75 Å². The van der Waals surface area contributed by atoms with Crippen molar-refractivity contribution in [2.24, 2.45) is 0 Å². The highest BCUT2D eigenvalue weighted by Crippen LogP contribution is 2.27. The minimum atomic E-state index is 0.0445. The molecule has 0 radical (unpaired) electrons. The fourth-order valence-corrected chi connectivity index (χ4v) is 1.73. The van der Waals surface area contributed by atoms with Crippen LogP contribution in [-0.2, 0) is 10.5 Å². The molecule has 2 rings (SSSR count). The number of rotatable bonds is 3. The molecule has 1 saturated heterocycles. The first-order chi connectivity index (χ1) is 6.40. The van der Waals surface area contributed by atoms with Crippen molar-refractivity contribution in [3.05, 3.63) is 11.7 Å². The molecule has 13 heavy (non-hydrogen) atoms. The van der Waals surface area contributed by atoms with Crippen LogP contribution in [0.1, 0.15) is 30.7 Å². The average Bonchev–Trinajstić information content (AvgIpc) is 2.70. The highest BCUT2D eigenvalue weighted by atomic mass is 32.2. The Hall–Kier alpha value is -0.550. The van der Waals surface area contributed by atoms with E-state index in [1.54, 1.807) is 11.8 Å². The van der Waals surface area contributed by atoms with Crippen molar-refractivity contribution in [2.45, 2.75) is 24.7 Å². The fourth-order valence-electron chi connectivity index (χ4n) is 1.36. The molecular weight excluding hydrogens is 188 g/mol. The first kappa shape index (κ1) is 9.02. The van der Waals surface area contributed by atoms with Gasteiger partial charge in [-0.3, -0.25) is 0 Å². The summed E-state index contributed by atoms with van der Waals surface area (Å²) in [5, 5.41) is 3.86. The van der Waals surface area contributed by atoms with E-state index < -0.39 is 0 Å². The molecule has 0 saturated carbocycles. The molecule has 1 fully saturated rings. The van der Waals surface area contributed by atoms with Crippen LogP contribution in [0.4, 0.5) is 0 Å². The summed E-state index contributed by atoms with van der Waals surface area (Å²) in [6.07, 6.45) is 4.15. The monoisotopic (exact) mass is 200 g/mol. The van der Waals surface area contributed by atoms with Crippen LogP contribution in [0, 0.1) is 0 Å². The molecule has 0 N–H and O–H groups in total. The lowest BCUT2D eigenvalue weighted by Gasteiger charge is -2.00. The fraction of sp³-hybridized carbons (Fsp3) is 0.750. The summed E-state index contributed by atoms with van der Waals surface area (Å²) in [6, 6.07) is 0. The summed E-state index contributed by atoms with van der Waals surface area (Å²) in [5.74, 6) is 2.20. The Labute approximate surface area is 81.0 Å². The lowest BCUT2D eigenvalue weighted by Crippen LogP contribution is -1.95. The summed E-state index contributed by atoms with van der Waals surface area (Å²) in [5.41, 5.74) is 0. The number of aromatic nitrogens is 2. The van der Waals surface area contributed by atoms with Gasteiger partial charge in [0.1, 0.15) is 6.10 Å². The molecule has 1 aliphatic heterocycles. The van der Waals surface area contributed by atoms with Gasteiger partial charge in [0.25, 0.3) is 5.89 Å². The number of hydrogen-bond acceptors (Lipinski definition) is 5. The van der Waals surface area contributed by atoms with Crippen molar-refractivity contribution in [3.63, 3.8) is 0 Å². The van der Waals surface area contributed by atoms with Gasteiger partial charge in [0.15, 0.2) is 5.82 Å². The molecule has 0 unspecified atom stereocenters. The quantitative estimate of drug-likeness (QED) is 0.744. The maximum atomic E-state index is 5.43. The summed E-state index contributed by atoms with van der Waals surface area (Å²) < 4.78 is 10.5. The number of hydrogen-bond donors (Lipinski definition) is 0. The first-order valence-electron chi connectivity index (χ1n) is 4.33. The molecule has 0 bridgehead atoms. The van der Waals surface area contributed by atoms with Crippen LogP contribution in [0.15, 0.2) is 4.52 Å². The van der Waals surface area contributed by atoms with Gasteiger partial charge in [-0.05, 0) is 19.1 Å². The van der Waals surface area contributed by atoms with Crippen molar-refractivity contribution >= 4 is 11.8 Å². The summed E-state index contributed by atoms with van der Waals surface area (Å²) >= 11 is 1.68. The highest BCUT2D eigenvalue weighted by molar-refractivity contribution is 7.97. The van der Waals surface area contributed by atoms with Gasteiger partial charge in [-0.1, -0.05) is 5.16 Å². The predicted octanol–water partition coefficient (Wildman–Crippen LogP) is 1.78. The second-order valence-corrected chi connectivity index (χ2v) is 3.85. The van der Waals surface area contributed by atoms with Crippen molar-refractivity contribution in [3.8, 4) is 0 Å². The zero-order chi connectivity index (χ0) is 9.10. The van der Waals surface area contributed by atoms with Gasteiger partial charge in [0.2, 0.25) is 0 Å². The maximum absolute atomic E-state index is 5.43. The van der Waals surface area contributed by atoms with Gasteiger partial charge < -0.3 is 9.26 Å². The maximum Gasteiger partial charge on any atom is 0.255 e. The Balaban J connectivity index is 2.03. The highest BCUT2D eigenvalue weighted by Gasteiger charge is 2.23. The summed E-state index contributed by atoms with van der Waals surface area (Å²) in [4.78, 5) is 4.26. The second-order valence-electron chi connectivity index (χ2n) is 2.98. The molecule has 0 spiro atoms. The van der Waals surface area contributed by atoms with Crippen LogP contribution < -0.4 is 0 Å². The lowest BCUT2D eigenvalue weighted by molar-refractivity contribution is 0.0835.